The molecule has 4 fully saturated rings. The second kappa shape index (κ2) is 10.3. The summed E-state index contributed by atoms with van der Waals surface area (Å²) in [5.74, 6) is 2.19. The highest BCUT2D eigenvalue weighted by atomic mass is 16.6. The fourth-order valence-corrected chi connectivity index (χ4v) is 5.55. The van der Waals surface area contributed by atoms with Crippen molar-refractivity contribution >= 4 is 5.97 Å². The lowest BCUT2D eigenvalue weighted by molar-refractivity contribution is -0.00859. The quantitative estimate of drug-likeness (QED) is 0.392. The van der Waals surface area contributed by atoms with Crippen LogP contribution in [0.1, 0.15) is 72.9 Å². The molecule has 6 heteroatoms. The summed E-state index contributed by atoms with van der Waals surface area (Å²) in [4.78, 5) is 12.9. The van der Waals surface area contributed by atoms with Gasteiger partial charge in [-0.2, -0.15) is 0 Å². The number of hydrogen-bond donors (Lipinski definition) is 0. The van der Waals surface area contributed by atoms with E-state index in [-0.39, 0.29) is 18.2 Å². The van der Waals surface area contributed by atoms with E-state index < -0.39 is 0 Å². The van der Waals surface area contributed by atoms with Crippen molar-refractivity contribution in [2.45, 2.75) is 89.6 Å². The van der Waals surface area contributed by atoms with Crippen molar-refractivity contribution in [3.05, 3.63) is 28.8 Å². The fraction of sp³-hybridized carbons (Fsp3) is 0.741. The lowest BCUT2D eigenvalue weighted by Crippen LogP contribution is -2.31. The fourth-order valence-electron chi connectivity index (χ4n) is 5.55. The van der Waals surface area contributed by atoms with Gasteiger partial charge in [-0.25, -0.2) is 4.79 Å². The first-order valence-corrected chi connectivity index (χ1v) is 12.9. The van der Waals surface area contributed by atoms with Crippen LogP contribution in [0.15, 0.2) is 12.1 Å². The molecule has 2 unspecified atom stereocenters. The summed E-state index contributed by atoms with van der Waals surface area (Å²) >= 11 is 0. The Kier molecular flexibility index (Phi) is 7.24. The van der Waals surface area contributed by atoms with E-state index in [9.17, 15) is 4.79 Å². The Morgan fingerprint density at radius 3 is 2.00 bits per heavy atom. The molecule has 1 aromatic carbocycles. The van der Waals surface area contributed by atoms with Crippen LogP contribution in [0.4, 0.5) is 0 Å². The van der Waals surface area contributed by atoms with E-state index >= 15 is 0 Å². The van der Waals surface area contributed by atoms with Crippen molar-refractivity contribution in [1.29, 1.82) is 0 Å². The first-order valence-electron chi connectivity index (χ1n) is 12.9. The van der Waals surface area contributed by atoms with Crippen molar-refractivity contribution in [3.63, 3.8) is 0 Å². The molecule has 0 spiro atoms. The Morgan fingerprint density at radius 1 is 0.818 bits per heavy atom. The van der Waals surface area contributed by atoms with Gasteiger partial charge in [-0.1, -0.05) is 0 Å². The van der Waals surface area contributed by atoms with Crippen LogP contribution in [0.3, 0.4) is 0 Å². The van der Waals surface area contributed by atoms with E-state index in [0.717, 1.165) is 74.2 Å². The van der Waals surface area contributed by atoms with Crippen LogP contribution in [-0.4, -0.2) is 56.8 Å². The molecule has 5 rings (SSSR count). The highest BCUT2D eigenvalue weighted by molar-refractivity contribution is 5.91. The van der Waals surface area contributed by atoms with Gasteiger partial charge in [0.05, 0.1) is 31.5 Å². The van der Waals surface area contributed by atoms with E-state index in [0.29, 0.717) is 24.4 Å². The monoisotopic (exact) mass is 458 g/mol. The number of carbonyl (C=O) groups excluding carboxylic acids is 1. The highest BCUT2D eigenvalue weighted by Crippen LogP contribution is 2.40. The molecule has 33 heavy (non-hydrogen) atoms. The molecule has 182 valence electrons. The molecule has 1 aromatic rings. The number of epoxide rings is 2. The predicted molar refractivity (Wildman–Crippen MR) is 124 cm³/mol. The van der Waals surface area contributed by atoms with Crippen LogP contribution in [0.5, 0.6) is 5.75 Å². The van der Waals surface area contributed by atoms with Crippen molar-refractivity contribution in [1.82, 2.24) is 0 Å². The van der Waals surface area contributed by atoms with E-state index in [2.05, 4.69) is 0 Å². The summed E-state index contributed by atoms with van der Waals surface area (Å²) < 4.78 is 28.2. The van der Waals surface area contributed by atoms with Gasteiger partial charge in [0, 0.05) is 0 Å². The molecule has 2 saturated carbocycles. The zero-order chi connectivity index (χ0) is 22.8. The average Bonchev–Trinajstić information content (AvgIpc) is 3.75. The second-order valence-corrected chi connectivity index (χ2v) is 10.4. The van der Waals surface area contributed by atoms with Gasteiger partial charge in [0.25, 0.3) is 0 Å². The molecule has 2 atom stereocenters. The molecule has 2 aliphatic carbocycles. The minimum absolute atomic E-state index is 0.0367. The van der Waals surface area contributed by atoms with Crippen molar-refractivity contribution in [2.24, 2.45) is 11.8 Å². The van der Waals surface area contributed by atoms with Gasteiger partial charge >= 0.3 is 5.97 Å². The summed E-state index contributed by atoms with van der Waals surface area (Å²) in [6, 6.07) is 3.73. The first-order chi connectivity index (χ1) is 16.1. The van der Waals surface area contributed by atoms with Crippen LogP contribution in [0, 0.1) is 25.7 Å². The SMILES string of the molecule is Cc1c(OCC2CO2)ccc(C(=O)OC2CCC(C3CCC(OCC4CO4)CC3)CC2)c1C. The molecule has 2 aliphatic heterocycles. The molecule has 0 amide bonds. The number of esters is 1. The van der Waals surface area contributed by atoms with Gasteiger partial charge in [-0.15, -0.1) is 0 Å². The van der Waals surface area contributed by atoms with E-state index in [1.165, 1.54) is 25.7 Å². The van der Waals surface area contributed by atoms with Gasteiger partial charge in [0.2, 0.25) is 0 Å². The maximum Gasteiger partial charge on any atom is 0.338 e. The van der Waals surface area contributed by atoms with Crippen molar-refractivity contribution < 1.29 is 28.5 Å². The Labute approximate surface area is 197 Å². The van der Waals surface area contributed by atoms with E-state index in [1.807, 2.05) is 26.0 Å². The van der Waals surface area contributed by atoms with Gasteiger partial charge in [0.15, 0.2) is 0 Å². The number of benzene rings is 1. The predicted octanol–water partition coefficient (Wildman–Crippen LogP) is 4.77. The maximum atomic E-state index is 12.9. The smallest absolute Gasteiger partial charge is 0.338 e. The Morgan fingerprint density at radius 2 is 1.39 bits per heavy atom. The Hall–Kier alpha value is -1.63. The standard InChI is InChI=1S/C27H38O6/c1-17-18(2)26(32-16-24-15-31-24)12-11-25(17)27(28)33-22-9-5-20(6-10-22)19-3-7-21(8-4-19)29-13-23-14-30-23/h11-12,19-24H,3-10,13-16H2,1-2H3. The topological polar surface area (TPSA) is 69.8 Å². The second-order valence-electron chi connectivity index (χ2n) is 10.4. The summed E-state index contributed by atoms with van der Waals surface area (Å²) in [7, 11) is 0. The lowest BCUT2D eigenvalue weighted by atomic mass is 9.72. The van der Waals surface area contributed by atoms with Gasteiger partial charge < -0.3 is 23.7 Å². The van der Waals surface area contributed by atoms with Crippen molar-refractivity contribution in [2.75, 3.05) is 26.4 Å². The molecule has 0 N–H and O–H groups in total. The summed E-state index contributed by atoms with van der Waals surface area (Å²) in [6.07, 6.45) is 10.2. The summed E-state index contributed by atoms with van der Waals surface area (Å²) in [5, 5.41) is 0. The summed E-state index contributed by atoms with van der Waals surface area (Å²) in [5.41, 5.74) is 2.59. The molecular weight excluding hydrogens is 420 g/mol. The number of ether oxygens (including phenoxy) is 5. The molecule has 0 bridgehead atoms. The van der Waals surface area contributed by atoms with Crippen LogP contribution >= 0.6 is 0 Å². The van der Waals surface area contributed by atoms with Gasteiger partial charge in [-0.3, -0.25) is 0 Å². The number of carbonyl (C=O) groups is 1. The molecule has 0 aromatic heterocycles. The zero-order valence-electron chi connectivity index (χ0n) is 20.1. The maximum absolute atomic E-state index is 12.9. The first kappa shape index (κ1) is 23.1. The van der Waals surface area contributed by atoms with Crippen LogP contribution < -0.4 is 4.74 Å². The number of rotatable bonds is 9. The van der Waals surface area contributed by atoms with E-state index in [1.54, 1.807) is 0 Å². The molecular formula is C27H38O6. The third kappa shape index (κ3) is 6.09. The Bertz CT molecular complexity index is 814. The van der Waals surface area contributed by atoms with Crippen LogP contribution in [-0.2, 0) is 18.9 Å². The number of hydrogen-bond acceptors (Lipinski definition) is 6. The summed E-state index contributed by atoms with van der Waals surface area (Å²) in [6.45, 7) is 6.96. The third-order valence-electron chi connectivity index (χ3n) is 8.08. The molecule has 2 saturated heterocycles. The average molecular weight is 459 g/mol. The van der Waals surface area contributed by atoms with E-state index in [4.69, 9.17) is 23.7 Å². The largest absolute Gasteiger partial charge is 0.491 e. The van der Waals surface area contributed by atoms with Crippen LogP contribution in [0.2, 0.25) is 0 Å². The Balaban J connectivity index is 1.06. The lowest BCUT2D eigenvalue weighted by Gasteiger charge is -2.37. The van der Waals surface area contributed by atoms with Gasteiger partial charge in [0.1, 0.15) is 30.7 Å². The molecule has 2 heterocycles. The normalized spacial score (nSPS) is 33.4. The van der Waals surface area contributed by atoms with Crippen molar-refractivity contribution in [3.8, 4) is 5.75 Å². The molecule has 6 nitrogen and oxygen atoms in total. The molecule has 0 radical (unpaired) electrons. The highest BCUT2D eigenvalue weighted by Gasteiger charge is 2.33. The minimum Gasteiger partial charge on any atom is -0.491 e. The van der Waals surface area contributed by atoms with Crippen LogP contribution in [0.25, 0.3) is 0 Å². The van der Waals surface area contributed by atoms with Gasteiger partial charge in [-0.05, 0) is 100 Å². The molecule has 4 aliphatic rings. The minimum atomic E-state index is -0.201. The third-order valence-corrected chi connectivity index (χ3v) is 8.08. The zero-order valence-corrected chi connectivity index (χ0v) is 20.1.